The molecule has 2 fully saturated rings. The average molecular weight is 1720 g/mol. The summed E-state index contributed by atoms with van der Waals surface area (Å²) in [7, 11) is 1.47. The third-order valence-corrected chi connectivity index (χ3v) is 22.3. The van der Waals surface area contributed by atoms with Gasteiger partial charge >= 0.3 is 5.97 Å². The van der Waals surface area contributed by atoms with E-state index in [1.807, 2.05) is 40.0 Å². The molecule has 7 aliphatic heterocycles. The fraction of sp³-hybridized carbons (Fsp3) is 0.412. The van der Waals surface area contributed by atoms with Crippen molar-refractivity contribution in [1.82, 2.24) is 52.5 Å². The molecule has 0 saturated carbocycles. The number of phenolic OH excluding ortho intramolecular Hbond substituents is 3. The van der Waals surface area contributed by atoms with E-state index in [0.717, 1.165) is 72.4 Å². The van der Waals surface area contributed by atoms with Crippen LogP contribution in [0.1, 0.15) is 147 Å². The number of carboxylic acids is 1. The SMILES string of the molecule is CN[C@@H](CC(C)C)C(=O)N[C@H]1C(=O)N[C@@H](CC(N)=O)C(=O)NC2C(=O)N[C@@H]3C(=O)N[C@@H](C(=O)N[C@@H](C(=O)O)c4cc(O)cc(O)c4-c4cc3ccc4O)[C@H](O)c3ccc(c(Cl)c3)Oc3cc2cc(c3OC2O[C@@H](CO)[C@@H](O)[C@@H](O)[C@H]2O[C@H]2CC(C)(NCc3cncc(C(=O)Nc4nc(C(C)(C)C)cs4)c3)[C@@H](O)[C@@H](C)O2)Oc2ccc(cc2Cl)[C@H]1O. The Bertz CT molecular complexity index is 5130. The van der Waals surface area contributed by atoms with Crippen LogP contribution in [0.4, 0.5) is 5.13 Å². The molecule has 7 aliphatic rings. The van der Waals surface area contributed by atoms with E-state index in [-0.39, 0.29) is 63.7 Å². The Morgan fingerprint density at radius 3 is 2.00 bits per heavy atom. The number of halogens is 2. The number of hydrogen-bond donors (Lipinski definition) is 20. The second-order valence-corrected chi connectivity index (χ2v) is 33.0. The normalized spacial score (nSPS) is 26.7. The first kappa shape index (κ1) is 88.3. The molecule has 0 aliphatic carbocycles. The number of fused-ring (bicyclic) bond motifs is 15. The van der Waals surface area contributed by atoms with E-state index in [2.05, 4.69) is 57.8 Å². The van der Waals surface area contributed by atoms with Gasteiger partial charge in [0.05, 0.1) is 52.6 Å². The number of nitrogens with one attached hydrogen (secondary N) is 9. The maximum absolute atomic E-state index is 16.2. The number of nitrogens with two attached hydrogens (primary N) is 1. The molecule has 37 nitrogen and oxygen atoms in total. The smallest absolute Gasteiger partial charge is 0.330 e. The van der Waals surface area contributed by atoms with E-state index in [0.29, 0.717) is 10.7 Å². The van der Waals surface area contributed by atoms with Crippen molar-refractivity contribution >= 4 is 92.9 Å². The number of ether oxygens (including phenoxy) is 6. The third kappa shape index (κ3) is 19.3. The van der Waals surface area contributed by atoms with Crippen LogP contribution in [0.25, 0.3) is 11.1 Å². The van der Waals surface area contributed by atoms with E-state index >= 15 is 14.4 Å². The van der Waals surface area contributed by atoms with Crippen molar-refractivity contribution in [3.63, 3.8) is 0 Å². The molecule has 18 atom stereocenters. The van der Waals surface area contributed by atoms with Gasteiger partial charge in [0.1, 0.15) is 89.5 Å². The van der Waals surface area contributed by atoms with Crippen molar-refractivity contribution in [2.45, 2.75) is 189 Å². The highest BCUT2D eigenvalue weighted by Crippen LogP contribution is 2.50. The molecule has 7 aromatic rings. The maximum Gasteiger partial charge on any atom is 0.330 e. The number of benzene rings is 5. The van der Waals surface area contributed by atoms with Crippen LogP contribution in [0.2, 0.25) is 10.0 Å². The van der Waals surface area contributed by atoms with Crippen LogP contribution in [0.3, 0.4) is 0 Å². The van der Waals surface area contributed by atoms with Gasteiger partial charge < -0.3 is 128 Å². The van der Waals surface area contributed by atoms with E-state index in [9.17, 15) is 79.8 Å². The van der Waals surface area contributed by atoms with Crippen molar-refractivity contribution in [3.05, 3.63) is 157 Å². The Kier molecular flexibility index (Phi) is 26.6. The summed E-state index contributed by atoms with van der Waals surface area (Å²) < 4.78 is 39.4. The number of aliphatic hydroxyl groups is 6. The van der Waals surface area contributed by atoms with Gasteiger partial charge in [-0.25, -0.2) is 9.78 Å². The number of pyridine rings is 1. The Labute approximate surface area is 698 Å². The second kappa shape index (κ2) is 36.2. The summed E-state index contributed by atoms with van der Waals surface area (Å²) in [6, 6.07) is 0.683. The summed E-state index contributed by atoms with van der Waals surface area (Å²) in [6.07, 6.45) is -16.4. The summed E-state index contributed by atoms with van der Waals surface area (Å²) in [5.74, 6) is -16.8. The molecule has 9 heterocycles. The number of carbonyl (C=O) groups is 9. The lowest BCUT2D eigenvalue weighted by molar-refractivity contribution is -0.334. The lowest BCUT2D eigenvalue weighted by Gasteiger charge is -2.48. The number of carboxylic acid groups (broad SMARTS) is 1. The minimum Gasteiger partial charge on any atom is -0.508 e. The lowest BCUT2D eigenvalue weighted by Crippen LogP contribution is -2.65. The highest BCUT2D eigenvalue weighted by atomic mass is 35.5. The van der Waals surface area contributed by atoms with E-state index in [4.69, 9.17) is 57.4 Å². The van der Waals surface area contributed by atoms with Crippen molar-refractivity contribution in [3.8, 4) is 57.1 Å². The number of hydrogen-bond acceptors (Lipinski definition) is 29. The number of amides is 8. The molecule has 5 aromatic carbocycles. The molecule has 11 bridgehead atoms. The summed E-state index contributed by atoms with van der Waals surface area (Å²) in [4.78, 5) is 141. The average Bonchev–Trinajstić information content (AvgIpc) is 0.789. The molecule has 2 saturated heterocycles. The number of aliphatic carboxylic acids is 1. The number of phenols is 3. The molecule has 0 radical (unpaired) electrons. The van der Waals surface area contributed by atoms with Crippen LogP contribution < -0.4 is 67.8 Å². The zero-order valence-corrected chi connectivity index (χ0v) is 67.8. The van der Waals surface area contributed by atoms with Crippen LogP contribution in [0.5, 0.6) is 46.0 Å². The zero-order chi connectivity index (χ0) is 87.0. The first-order valence-electron chi connectivity index (χ1n) is 37.8. The van der Waals surface area contributed by atoms with E-state index in [1.54, 1.807) is 13.0 Å². The van der Waals surface area contributed by atoms with Crippen molar-refractivity contribution in [1.29, 1.82) is 0 Å². The predicted molar refractivity (Wildman–Crippen MR) is 425 cm³/mol. The molecule has 0 spiro atoms. The van der Waals surface area contributed by atoms with Crippen LogP contribution >= 0.6 is 34.5 Å². The quantitative estimate of drug-likeness (QED) is 0.0586. The molecule has 8 amide bonds. The molecule has 14 rings (SSSR count). The number of aromatic nitrogens is 2. The Balaban J connectivity index is 1.02. The molecule has 21 N–H and O–H groups in total. The number of nitrogens with zero attached hydrogens (tertiary/aromatic N) is 2. The summed E-state index contributed by atoms with van der Waals surface area (Å²) >= 11 is 15.6. The number of likely N-dealkylation sites (N-methyl/N-ethyl adjacent to an activating group) is 1. The molecule has 120 heavy (non-hydrogen) atoms. The molecule has 40 heteroatoms. The molecule has 3 unspecified atom stereocenters. The minimum absolute atomic E-state index is 0.0192. The maximum atomic E-state index is 16.2. The molecule has 2 aromatic heterocycles. The number of aliphatic hydroxyl groups excluding tert-OH is 6. The monoisotopic (exact) mass is 1720 g/mol. The first-order valence-corrected chi connectivity index (χ1v) is 39.5. The largest absolute Gasteiger partial charge is 0.508 e. The van der Waals surface area contributed by atoms with Crippen molar-refractivity contribution in [2.75, 3.05) is 19.0 Å². The number of aromatic hydroxyl groups is 3. The molecular formula is C80H90Cl2N12O25S. The second-order valence-electron chi connectivity index (χ2n) is 31.3. The van der Waals surface area contributed by atoms with Gasteiger partial charge in [-0.3, -0.25) is 48.7 Å². The van der Waals surface area contributed by atoms with Crippen LogP contribution in [0.15, 0.2) is 103 Å². The van der Waals surface area contributed by atoms with E-state index < -0.39 is 243 Å². The summed E-state index contributed by atoms with van der Waals surface area (Å²) in [5.41, 5.74) is 2.64. The van der Waals surface area contributed by atoms with Crippen LogP contribution in [0, 0.1) is 5.92 Å². The van der Waals surface area contributed by atoms with Gasteiger partial charge in [0, 0.05) is 64.4 Å². The van der Waals surface area contributed by atoms with Gasteiger partial charge in [0.15, 0.2) is 35.1 Å². The minimum atomic E-state index is -2.38. The van der Waals surface area contributed by atoms with Gasteiger partial charge in [0.25, 0.3) is 5.91 Å². The summed E-state index contributed by atoms with van der Waals surface area (Å²) in [5, 5.41) is 142. The van der Waals surface area contributed by atoms with Crippen LogP contribution in [-0.2, 0) is 64.5 Å². The highest BCUT2D eigenvalue weighted by molar-refractivity contribution is 7.14. The number of rotatable bonds is 18. The van der Waals surface area contributed by atoms with Gasteiger partial charge in [-0.15, -0.1) is 11.3 Å². The number of carbonyl (C=O) groups excluding carboxylic acids is 8. The number of primary amides is 1. The Morgan fingerprint density at radius 1 is 0.742 bits per heavy atom. The van der Waals surface area contributed by atoms with Gasteiger partial charge in [-0.2, -0.15) is 0 Å². The number of anilines is 1. The zero-order valence-electron chi connectivity index (χ0n) is 65.5. The first-order chi connectivity index (χ1) is 56.7. The highest BCUT2D eigenvalue weighted by Gasteiger charge is 2.52. The number of thiazole rings is 1. The van der Waals surface area contributed by atoms with Crippen LogP contribution in [-0.4, -0.2) is 207 Å². The molecular weight excluding hydrogens is 1630 g/mol. The Morgan fingerprint density at radius 2 is 1.38 bits per heavy atom. The Hall–Kier alpha value is -10.9. The predicted octanol–water partition coefficient (Wildman–Crippen LogP) is 3.34. The fourth-order valence-electron chi connectivity index (χ4n) is 14.5. The lowest BCUT2D eigenvalue weighted by atomic mass is 9.84. The van der Waals surface area contributed by atoms with Gasteiger partial charge in [-0.05, 0) is 122 Å². The third-order valence-electron chi connectivity index (χ3n) is 21.0. The summed E-state index contributed by atoms with van der Waals surface area (Å²) in [6.45, 7) is 11.7. The van der Waals surface area contributed by atoms with Crippen molar-refractivity contribution in [2.24, 2.45) is 11.7 Å². The fourth-order valence-corrected chi connectivity index (χ4v) is 15.9. The topological polar surface area (TPSA) is 571 Å². The van der Waals surface area contributed by atoms with Gasteiger partial charge in [-0.1, -0.05) is 76.0 Å². The molecule has 640 valence electrons. The standard InChI is InChI=1S/C80H90Cl2N12O25S/c1-31(2)15-44(84-8)70(106)92-60-62(100)35-10-13-48(42(81)18-35)115-50-20-37-21-51(66(50)119-77-67(65(103)64(102)52(29-95)117-77)118-55-25-80(7,68(104)32(3)114-55)86-27-33-16-38(28-85-26-33)69(105)94-78-88-53(30-120-78)79(4,5)6)116-49-14-11-36(19-43(49)82)63(101)61-75(111)91-59(76(112)113)41-22-39(96)23-47(98)56(41)40-17-34(9-12-46(40)97)57(72(108)93-61)90-73(109)58(37)89-71(107)45(24-54(83)99)87-74(60)110/h9-14,16-23,26,28,30-32,44-45,52,55,57-65,67-68,77,84,86,95-98,100-104H,15,24-25,27,29H2,1-8H3,(H2,83,99)(H,87,110)(H,89,107)(H,90,109)(H,91,111)(H,92,106)(H,93,108)(H,112,113)(H,88,94,105)/t32-,44+,45+,52+,55+,57+,58?,59-,60-,61-,62-,63-,64-,65-,67-,68+,77?,80?/m1/s1. The van der Waals surface area contributed by atoms with Gasteiger partial charge in [0.2, 0.25) is 53.4 Å². The van der Waals surface area contributed by atoms with E-state index in [1.165, 1.54) is 49.8 Å². The van der Waals surface area contributed by atoms with Crippen molar-refractivity contribution < 1.29 is 123 Å².